The monoisotopic (exact) mass is 306 g/mol. The van der Waals surface area contributed by atoms with E-state index in [0.29, 0.717) is 22.3 Å². The molecule has 3 aliphatic carbocycles. The number of Topliss-reactive ketones (excluding diaryl/α,β-unsaturated/α-hetero) is 2. The van der Waals surface area contributed by atoms with Gasteiger partial charge in [-0.2, -0.15) is 0 Å². The largest absolute Gasteiger partial charge is 0.303 e. The molecule has 0 N–H and O–H groups in total. The van der Waals surface area contributed by atoms with Crippen molar-refractivity contribution in [1.29, 1.82) is 0 Å². The highest BCUT2D eigenvalue weighted by Crippen LogP contribution is 2.46. The van der Waals surface area contributed by atoms with Crippen LogP contribution in [0.25, 0.3) is 0 Å². The fraction of sp³-hybridized carbons (Fsp3) is 0.350. The van der Waals surface area contributed by atoms with Crippen LogP contribution in [0.5, 0.6) is 0 Å². The van der Waals surface area contributed by atoms with Gasteiger partial charge in [0.05, 0.1) is 0 Å². The minimum Gasteiger partial charge on any atom is -0.303 e. The molecule has 4 rings (SSSR count). The van der Waals surface area contributed by atoms with Gasteiger partial charge in [-0.05, 0) is 19.3 Å². The lowest BCUT2D eigenvalue weighted by molar-refractivity contribution is -0.108. The first-order valence-electron chi connectivity index (χ1n) is 8.29. The number of hydrogen-bond acceptors (Lipinski definition) is 3. The van der Waals surface area contributed by atoms with Gasteiger partial charge in [0.25, 0.3) is 0 Å². The van der Waals surface area contributed by atoms with Crippen molar-refractivity contribution in [3.63, 3.8) is 0 Å². The van der Waals surface area contributed by atoms with Gasteiger partial charge in [-0.3, -0.25) is 9.59 Å². The number of fused-ring (bicyclic) bond motifs is 3. The molecule has 0 bridgehead atoms. The molecule has 1 saturated carbocycles. The lowest BCUT2D eigenvalue weighted by Gasteiger charge is -2.37. The number of benzene rings is 1. The number of hydrogen-bond donors (Lipinski definition) is 0. The summed E-state index contributed by atoms with van der Waals surface area (Å²) in [6.45, 7) is 0. The summed E-state index contributed by atoms with van der Waals surface area (Å²) in [7, 11) is 0. The van der Waals surface area contributed by atoms with E-state index in [-0.39, 0.29) is 29.8 Å². The zero-order valence-corrected chi connectivity index (χ0v) is 12.9. The second-order valence-electron chi connectivity index (χ2n) is 6.58. The van der Waals surface area contributed by atoms with Crippen LogP contribution < -0.4 is 0 Å². The average molecular weight is 306 g/mol. The molecule has 0 heterocycles. The number of carbonyl (C=O) groups excluding carboxylic acids is 3. The van der Waals surface area contributed by atoms with E-state index in [4.69, 9.17) is 0 Å². The molecule has 1 aromatic rings. The molecule has 0 unspecified atom stereocenters. The van der Waals surface area contributed by atoms with E-state index in [9.17, 15) is 14.4 Å². The van der Waals surface area contributed by atoms with Crippen LogP contribution in [0.3, 0.4) is 0 Å². The summed E-state index contributed by atoms with van der Waals surface area (Å²) in [6.07, 6.45) is 7.33. The Morgan fingerprint density at radius 1 is 1.00 bits per heavy atom. The SMILES string of the molecule is O=CC[C@@H]1C=C2CCCC[C@@H]2C2=C1C(=O)c1ccccc1C2=O. The highest BCUT2D eigenvalue weighted by Gasteiger charge is 2.42. The van der Waals surface area contributed by atoms with Crippen LogP contribution in [0.2, 0.25) is 0 Å². The van der Waals surface area contributed by atoms with E-state index in [1.54, 1.807) is 24.3 Å². The van der Waals surface area contributed by atoms with Gasteiger partial charge in [0.15, 0.2) is 11.6 Å². The van der Waals surface area contributed by atoms with Crippen molar-refractivity contribution in [1.82, 2.24) is 0 Å². The summed E-state index contributed by atoms with van der Waals surface area (Å²) >= 11 is 0. The Morgan fingerprint density at radius 2 is 1.70 bits per heavy atom. The molecule has 0 spiro atoms. The van der Waals surface area contributed by atoms with Gasteiger partial charge < -0.3 is 4.79 Å². The molecule has 3 nitrogen and oxygen atoms in total. The number of ketones is 2. The van der Waals surface area contributed by atoms with Crippen molar-refractivity contribution >= 4 is 17.9 Å². The normalized spacial score (nSPS) is 26.2. The summed E-state index contributed by atoms with van der Waals surface area (Å²) in [4.78, 5) is 37.2. The molecule has 3 heteroatoms. The Bertz CT molecular complexity index is 782. The van der Waals surface area contributed by atoms with Gasteiger partial charge in [-0.25, -0.2) is 0 Å². The minimum absolute atomic E-state index is 0.0106. The first kappa shape index (κ1) is 14.3. The Kier molecular flexibility index (Phi) is 3.37. The molecule has 2 atom stereocenters. The molecular weight excluding hydrogens is 288 g/mol. The predicted octanol–water partition coefficient (Wildman–Crippen LogP) is 3.70. The lowest BCUT2D eigenvalue weighted by Crippen LogP contribution is -2.34. The summed E-state index contributed by atoms with van der Waals surface area (Å²) in [5, 5.41) is 0. The average Bonchev–Trinajstić information content (AvgIpc) is 2.59. The van der Waals surface area contributed by atoms with Gasteiger partial charge in [0, 0.05) is 40.5 Å². The lowest BCUT2D eigenvalue weighted by atomic mass is 9.65. The van der Waals surface area contributed by atoms with Crippen LogP contribution in [0.1, 0.15) is 52.8 Å². The maximum atomic E-state index is 13.1. The van der Waals surface area contributed by atoms with Crippen molar-refractivity contribution in [2.24, 2.45) is 11.8 Å². The van der Waals surface area contributed by atoms with Gasteiger partial charge in [-0.1, -0.05) is 42.3 Å². The van der Waals surface area contributed by atoms with Crippen molar-refractivity contribution in [3.8, 4) is 0 Å². The second-order valence-corrected chi connectivity index (χ2v) is 6.58. The summed E-state index contributed by atoms with van der Waals surface area (Å²) in [6, 6.07) is 7.06. The van der Waals surface area contributed by atoms with Crippen molar-refractivity contribution in [2.45, 2.75) is 32.1 Å². The van der Waals surface area contributed by atoms with Gasteiger partial charge in [0.1, 0.15) is 6.29 Å². The highest BCUT2D eigenvalue weighted by atomic mass is 16.1. The van der Waals surface area contributed by atoms with E-state index in [1.165, 1.54) is 5.57 Å². The van der Waals surface area contributed by atoms with Crippen molar-refractivity contribution in [3.05, 3.63) is 58.2 Å². The van der Waals surface area contributed by atoms with E-state index in [2.05, 4.69) is 6.08 Å². The fourth-order valence-electron chi connectivity index (χ4n) is 4.33. The summed E-state index contributed by atoms with van der Waals surface area (Å²) in [5.41, 5.74) is 3.52. The molecule has 0 amide bonds. The van der Waals surface area contributed by atoms with Crippen LogP contribution in [0, 0.1) is 11.8 Å². The minimum atomic E-state index is -0.239. The third-order valence-electron chi connectivity index (χ3n) is 5.34. The fourth-order valence-corrected chi connectivity index (χ4v) is 4.33. The van der Waals surface area contributed by atoms with Crippen LogP contribution >= 0.6 is 0 Å². The molecule has 23 heavy (non-hydrogen) atoms. The topological polar surface area (TPSA) is 51.2 Å². The first-order valence-corrected chi connectivity index (χ1v) is 8.29. The van der Waals surface area contributed by atoms with E-state index in [1.807, 2.05) is 0 Å². The third-order valence-corrected chi connectivity index (χ3v) is 5.34. The van der Waals surface area contributed by atoms with Gasteiger partial charge in [0.2, 0.25) is 0 Å². The number of carbonyl (C=O) groups is 3. The number of rotatable bonds is 2. The van der Waals surface area contributed by atoms with Crippen LogP contribution in [-0.2, 0) is 4.79 Å². The molecule has 0 aromatic heterocycles. The predicted molar refractivity (Wildman–Crippen MR) is 86.3 cm³/mol. The molecule has 3 aliphatic rings. The molecular formula is C20H18O3. The molecule has 0 radical (unpaired) electrons. The van der Waals surface area contributed by atoms with Gasteiger partial charge in [-0.15, -0.1) is 0 Å². The molecule has 0 aliphatic heterocycles. The maximum absolute atomic E-state index is 13.1. The zero-order chi connectivity index (χ0) is 16.0. The molecule has 0 saturated heterocycles. The maximum Gasteiger partial charge on any atom is 0.190 e. The standard InChI is InChI=1S/C20H18O3/c21-10-9-13-11-12-5-1-2-6-14(12)18-17(13)19(22)15-7-3-4-8-16(15)20(18)23/h3-4,7-8,10-11,13-14H,1-2,5-6,9H2/t13-,14+/m1/s1. The third kappa shape index (κ3) is 2.07. The molecule has 1 fully saturated rings. The highest BCUT2D eigenvalue weighted by molar-refractivity contribution is 6.27. The van der Waals surface area contributed by atoms with E-state index in [0.717, 1.165) is 32.0 Å². The van der Waals surface area contributed by atoms with Crippen LogP contribution in [0.15, 0.2) is 47.1 Å². The Labute approximate surface area is 135 Å². The van der Waals surface area contributed by atoms with Crippen molar-refractivity contribution < 1.29 is 14.4 Å². The summed E-state index contributed by atoms with van der Waals surface area (Å²) in [5.74, 6) is -0.241. The van der Waals surface area contributed by atoms with Crippen LogP contribution in [-0.4, -0.2) is 17.9 Å². The number of aldehydes is 1. The van der Waals surface area contributed by atoms with Gasteiger partial charge >= 0.3 is 0 Å². The van der Waals surface area contributed by atoms with E-state index >= 15 is 0 Å². The molecule has 116 valence electrons. The number of allylic oxidation sites excluding steroid dienone is 4. The first-order chi connectivity index (χ1) is 11.2. The summed E-state index contributed by atoms with van der Waals surface area (Å²) < 4.78 is 0. The van der Waals surface area contributed by atoms with Crippen LogP contribution in [0.4, 0.5) is 0 Å². The Hall–Kier alpha value is -2.29. The Balaban J connectivity index is 1.91. The van der Waals surface area contributed by atoms with E-state index < -0.39 is 0 Å². The quantitative estimate of drug-likeness (QED) is 0.618. The second kappa shape index (κ2) is 5.41. The van der Waals surface area contributed by atoms with Crippen molar-refractivity contribution in [2.75, 3.05) is 0 Å². The molecule has 1 aromatic carbocycles. The smallest absolute Gasteiger partial charge is 0.190 e. The zero-order valence-electron chi connectivity index (χ0n) is 12.9. The Morgan fingerprint density at radius 3 is 2.39 bits per heavy atom.